The predicted octanol–water partition coefficient (Wildman–Crippen LogP) is 7.30. The number of rotatable bonds is 8. The Bertz CT molecular complexity index is 1280. The van der Waals surface area contributed by atoms with Gasteiger partial charge in [0.25, 0.3) is 0 Å². The summed E-state index contributed by atoms with van der Waals surface area (Å²) in [4.78, 5) is 26.5. The van der Waals surface area contributed by atoms with E-state index >= 15 is 0 Å². The molecule has 3 atom stereocenters. The van der Waals surface area contributed by atoms with Gasteiger partial charge in [-0.3, -0.25) is 4.79 Å². The van der Waals surface area contributed by atoms with Crippen LogP contribution in [0.1, 0.15) is 58.7 Å². The van der Waals surface area contributed by atoms with E-state index in [1.54, 1.807) is 0 Å². The molecule has 0 heterocycles. The lowest BCUT2D eigenvalue weighted by Crippen LogP contribution is -2.41. The predicted molar refractivity (Wildman–Crippen MR) is 156 cm³/mol. The largest absolute Gasteiger partial charge is 0.430 e. The first kappa shape index (κ1) is 29.3. The van der Waals surface area contributed by atoms with E-state index in [0.29, 0.717) is 0 Å². The summed E-state index contributed by atoms with van der Waals surface area (Å²) in [5.41, 5.74) is 1.89. The zero-order valence-electron chi connectivity index (χ0n) is 23.0. The van der Waals surface area contributed by atoms with Gasteiger partial charge in [0.05, 0.1) is 12.6 Å². The first-order chi connectivity index (χ1) is 18.0. The third-order valence-electron chi connectivity index (χ3n) is 5.56. The molecule has 0 unspecified atom stereocenters. The highest BCUT2D eigenvalue weighted by Crippen LogP contribution is 2.28. The van der Waals surface area contributed by atoms with E-state index in [-0.39, 0.29) is 28.4 Å². The van der Waals surface area contributed by atoms with Gasteiger partial charge in [-0.1, -0.05) is 131 Å². The fourth-order valence-corrected chi connectivity index (χ4v) is 4.76. The number of benzene rings is 3. The maximum Gasteiger partial charge on any atom is 0.408 e. The van der Waals surface area contributed by atoms with Crippen LogP contribution in [-0.2, 0) is 20.9 Å². The van der Waals surface area contributed by atoms with Crippen LogP contribution in [0.5, 0.6) is 0 Å². The van der Waals surface area contributed by atoms with E-state index in [4.69, 9.17) is 9.47 Å². The molecule has 3 rings (SSSR count). The summed E-state index contributed by atoms with van der Waals surface area (Å²) in [5, 5.41) is 4.83. The van der Waals surface area contributed by atoms with Crippen LogP contribution >= 0.6 is 11.8 Å². The van der Waals surface area contributed by atoms with E-state index < -0.39 is 18.3 Å². The second kappa shape index (κ2) is 13.5. The van der Waals surface area contributed by atoms with Crippen LogP contribution in [0, 0.1) is 17.8 Å². The molecule has 38 heavy (non-hydrogen) atoms. The summed E-state index contributed by atoms with van der Waals surface area (Å²) in [7, 11) is 0. The van der Waals surface area contributed by atoms with Crippen molar-refractivity contribution in [1.29, 1.82) is 0 Å². The molecule has 0 aliphatic rings. The molecule has 0 radical (unpaired) electrons. The van der Waals surface area contributed by atoms with Gasteiger partial charge >= 0.3 is 6.09 Å². The second-order valence-corrected chi connectivity index (χ2v) is 12.3. The highest BCUT2D eigenvalue weighted by molar-refractivity contribution is 8.14. The lowest BCUT2D eigenvalue weighted by Gasteiger charge is -2.26. The Morgan fingerprint density at radius 1 is 0.895 bits per heavy atom. The van der Waals surface area contributed by atoms with Crippen LogP contribution in [0.25, 0.3) is 10.8 Å². The van der Waals surface area contributed by atoms with Crippen molar-refractivity contribution in [2.24, 2.45) is 5.92 Å². The molecule has 0 bridgehead atoms. The monoisotopic (exact) mass is 531 g/mol. The molecule has 3 aromatic rings. The molecular formula is C32H37NO4S. The van der Waals surface area contributed by atoms with Crippen molar-refractivity contribution >= 4 is 33.7 Å². The number of hydrogen-bond acceptors (Lipinski definition) is 5. The van der Waals surface area contributed by atoms with Gasteiger partial charge < -0.3 is 14.8 Å². The van der Waals surface area contributed by atoms with Gasteiger partial charge in [0.1, 0.15) is 0 Å². The van der Waals surface area contributed by atoms with E-state index in [1.807, 2.05) is 114 Å². The van der Waals surface area contributed by atoms with Crippen LogP contribution < -0.4 is 5.32 Å². The highest BCUT2D eigenvalue weighted by Gasteiger charge is 2.34. The molecule has 0 aromatic heterocycles. The van der Waals surface area contributed by atoms with E-state index in [1.165, 1.54) is 0 Å². The summed E-state index contributed by atoms with van der Waals surface area (Å²) >= 11 is 1.16. The quantitative estimate of drug-likeness (QED) is 0.309. The van der Waals surface area contributed by atoms with Crippen LogP contribution in [-0.4, -0.2) is 28.2 Å². The van der Waals surface area contributed by atoms with Gasteiger partial charge in [0, 0.05) is 10.7 Å². The van der Waals surface area contributed by atoms with Crippen molar-refractivity contribution in [2.75, 3.05) is 0 Å². The second-order valence-electron chi connectivity index (χ2n) is 10.5. The summed E-state index contributed by atoms with van der Waals surface area (Å²) in [6.07, 6.45) is -2.78. The Morgan fingerprint density at radius 2 is 1.55 bits per heavy atom. The Hall–Kier alpha value is -3.27. The summed E-state index contributed by atoms with van der Waals surface area (Å²) < 4.78 is 11.6. The Labute approximate surface area is 230 Å². The fraction of sp³-hybridized carbons (Fsp3) is 0.375. The standard InChI is InChI=1S/C32H37NO4S/c1-22(2)19-20-28(29(30(34)38-32(4,5)6)36-21-24-13-8-7-9-14-24)37-31(35)33-23(3)26-18-12-16-25-15-10-11-17-27(25)26/h7-18,22-23,28-29H,21H2,1-6H3,(H,33,35)/t23-,28-,29+/m1/s1. The first-order valence-corrected chi connectivity index (χ1v) is 13.7. The third kappa shape index (κ3) is 8.93. The Morgan fingerprint density at radius 3 is 2.24 bits per heavy atom. The normalized spacial score (nSPS) is 13.8. The van der Waals surface area contributed by atoms with E-state index in [2.05, 4.69) is 17.2 Å². The van der Waals surface area contributed by atoms with Crippen LogP contribution in [0.2, 0.25) is 0 Å². The molecule has 200 valence electrons. The molecule has 0 saturated carbocycles. The molecule has 0 fully saturated rings. The molecule has 1 N–H and O–H groups in total. The number of hydrogen-bond donors (Lipinski definition) is 1. The van der Waals surface area contributed by atoms with Gasteiger partial charge in [-0.2, -0.15) is 0 Å². The maximum absolute atomic E-state index is 13.4. The molecule has 0 spiro atoms. The van der Waals surface area contributed by atoms with Gasteiger partial charge in [0.15, 0.2) is 12.2 Å². The van der Waals surface area contributed by atoms with E-state index in [0.717, 1.165) is 33.7 Å². The van der Waals surface area contributed by atoms with Gasteiger partial charge in [0.2, 0.25) is 5.12 Å². The molecule has 0 aliphatic heterocycles. The number of carbonyl (C=O) groups excluding carboxylic acids is 2. The van der Waals surface area contributed by atoms with Crippen molar-refractivity contribution in [3.63, 3.8) is 0 Å². The molecule has 0 aliphatic carbocycles. The van der Waals surface area contributed by atoms with Gasteiger partial charge in [-0.25, -0.2) is 4.79 Å². The van der Waals surface area contributed by atoms with Crippen molar-refractivity contribution < 1.29 is 19.1 Å². The lowest BCUT2D eigenvalue weighted by molar-refractivity contribution is -0.127. The number of carbonyl (C=O) groups is 2. The Kier molecular flexibility index (Phi) is 10.4. The summed E-state index contributed by atoms with van der Waals surface area (Å²) in [6.45, 7) is 11.9. The van der Waals surface area contributed by atoms with Crippen LogP contribution in [0.4, 0.5) is 4.79 Å². The van der Waals surface area contributed by atoms with Crippen LogP contribution in [0.15, 0.2) is 72.8 Å². The molecule has 5 nitrogen and oxygen atoms in total. The number of amides is 1. The average molecular weight is 532 g/mol. The number of ether oxygens (including phenoxy) is 2. The van der Waals surface area contributed by atoms with Crippen molar-refractivity contribution in [3.05, 3.63) is 83.9 Å². The SMILES string of the molecule is CC(C)C#C[C@@H](OC(=O)N[C@H](C)c1cccc2ccccc12)[C@H](OCc1ccccc1)C(=O)SC(C)(C)C. The molecular weight excluding hydrogens is 494 g/mol. The fourth-order valence-electron chi connectivity index (χ4n) is 3.85. The minimum absolute atomic E-state index is 0.0268. The third-order valence-corrected chi connectivity index (χ3v) is 6.60. The first-order valence-electron chi connectivity index (χ1n) is 12.9. The van der Waals surface area contributed by atoms with Crippen LogP contribution in [0.3, 0.4) is 0 Å². The number of nitrogens with one attached hydrogen (secondary N) is 1. The Balaban J connectivity index is 1.83. The van der Waals surface area contributed by atoms with Crippen molar-refractivity contribution in [3.8, 4) is 11.8 Å². The minimum atomic E-state index is -1.07. The molecule has 1 amide bonds. The smallest absolute Gasteiger partial charge is 0.408 e. The van der Waals surface area contributed by atoms with Crippen molar-refractivity contribution in [2.45, 2.75) is 71.1 Å². The van der Waals surface area contributed by atoms with E-state index in [9.17, 15) is 9.59 Å². The maximum atomic E-state index is 13.4. The zero-order valence-corrected chi connectivity index (χ0v) is 23.8. The van der Waals surface area contributed by atoms with Gasteiger partial charge in [-0.05, 0) is 28.8 Å². The summed E-state index contributed by atoms with van der Waals surface area (Å²) in [5.74, 6) is 6.09. The van der Waals surface area contributed by atoms with Gasteiger partial charge in [-0.15, -0.1) is 0 Å². The topological polar surface area (TPSA) is 64.6 Å². The lowest BCUT2D eigenvalue weighted by atomic mass is 10.00. The zero-order chi connectivity index (χ0) is 27.7. The molecule has 6 heteroatoms. The van der Waals surface area contributed by atoms with Crippen molar-refractivity contribution in [1.82, 2.24) is 5.32 Å². The highest BCUT2D eigenvalue weighted by atomic mass is 32.2. The molecule has 3 aromatic carbocycles. The number of fused-ring (bicyclic) bond motifs is 1. The summed E-state index contributed by atoms with van der Waals surface area (Å²) in [6, 6.07) is 23.3. The number of alkyl carbamates (subject to hydrolysis) is 1. The minimum Gasteiger partial charge on any atom is -0.430 e. The molecule has 0 saturated heterocycles. The number of thioether (sulfide) groups is 1. The average Bonchev–Trinajstić information content (AvgIpc) is 2.86.